The first-order valence-corrected chi connectivity index (χ1v) is 12.4. The second-order valence-electron chi connectivity index (χ2n) is 7.55. The molecular weight excluding hydrogens is 391 g/mol. The summed E-state index contributed by atoms with van der Waals surface area (Å²) in [6.07, 6.45) is 1.78. The maximum absolute atomic E-state index is 12.8. The largest absolute Gasteiger partial charge is 0.508 e. The van der Waals surface area contributed by atoms with E-state index in [1.807, 2.05) is 67.6 Å². The Morgan fingerprint density at radius 1 is 0.833 bits per heavy atom. The summed E-state index contributed by atoms with van der Waals surface area (Å²) in [5, 5.41) is 9.79. The first kappa shape index (κ1) is 23.8. The molecule has 1 aliphatic heterocycles. The molecule has 0 bridgehead atoms. The molecular formula is C26H33O3P. The molecule has 3 aromatic carbocycles. The Kier molecular flexibility index (Phi) is 8.74. The fourth-order valence-corrected chi connectivity index (χ4v) is 4.99. The normalized spacial score (nSPS) is 16.1. The number of benzene rings is 3. The van der Waals surface area contributed by atoms with Gasteiger partial charge in [-0.1, -0.05) is 89.6 Å². The Hall–Kier alpha value is -2.51. The van der Waals surface area contributed by atoms with Gasteiger partial charge < -0.3 is 9.63 Å². The Morgan fingerprint density at radius 2 is 1.37 bits per heavy atom. The zero-order chi connectivity index (χ0) is 22.1. The van der Waals surface area contributed by atoms with E-state index in [0.29, 0.717) is 17.8 Å². The first-order valence-electron chi connectivity index (χ1n) is 10.6. The summed E-state index contributed by atoms with van der Waals surface area (Å²) in [4.78, 5) is 0. The van der Waals surface area contributed by atoms with E-state index in [9.17, 15) is 4.57 Å². The van der Waals surface area contributed by atoms with E-state index in [1.165, 1.54) is 12.0 Å². The van der Waals surface area contributed by atoms with Gasteiger partial charge in [-0.05, 0) is 41.3 Å². The molecule has 0 saturated heterocycles. The third-order valence-electron chi connectivity index (χ3n) is 4.67. The van der Waals surface area contributed by atoms with Gasteiger partial charge >= 0.3 is 0 Å². The molecule has 0 fully saturated rings. The molecule has 3 nitrogen and oxygen atoms in total. The van der Waals surface area contributed by atoms with Crippen molar-refractivity contribution in [3.05, 3.63) is 78.4 Å². The Bertz CT molecular complexity index is 978. The van der Waals surface area contributed by atoms with Crippen LogP contribution in [-0.2, 0) is 4.57 Å². The molecule has 1 unspecified atom stereocenters. The van der Waals surface area contributed by atoms with Gasteiger partial charge in [-0.15, -0.1) is 0 Å². The Labute approximate surface area is 181 Å². The van der Waals surface area contributed by atoms with Gasteiger partial charge in [0, 0.05) is 11.7 Å². The number of hydrogen-bond acceptors (Lipinski definition) is 3. The number of para-hydroxylation sites is 1. The second kappa shape index (κ2) is 11.0. The summed E-state index contributed by atoms with van der Waals surface area (Å²) in [5.41, 5.74) is 3.33. The predicted octanol–water partition coefficient (Wildman–Crippen LogP) is 7.60. The van der Waals surface area contributed by atoms with E-state index < -0.39 is 7.37 Å². The van der Waals surface area contributed by atoms with Crippen LogP contribution in [0.4, 0.5) is 0 Å². The number of hydrogen-bond donors (Lipinski definition) is 1. The third-order valence-corrected chi connectivity index (χ3v) is 7.12. The highest BCUT2D eigenvalue weighted by Gasteiger charge is 2.33. The lowest BCUT2D eigenvalue weighted by atomic mass is 10.0. The Balaban J connectivity index is 0.000000210. The van der Waals surface area contributed by atoms with Gasteiger partial charge in [-0.25, -0.2) is 0 Å². The van der Waals surface area contributed by atoms with Gasteiger partial charge in [0.2, 0.25) is 0 Å². The van der Waals surface area contributed by atoms with Crippen molar-refractivity contribution < 1.29 is 14.2 Å². The van der Waals surface area contributed by atoms with E-state index in [-0.39, 0.29) is 0 Å². The first-order chi connectivity index (χ1) is 14.4. The van der Waals surface area contributed by atoms with Crippen LogP contribution in [0.2, 0.25) is 0 Å². The van der Waals surface area contributed by atoms with Gasteiger partial charge in [0.1, 0.15) is 11.5 Å². The van der Waals surface area contributed by atoms with Crippen LogP contribution < -0.4 is 9.83 Å². The van der Waals surface area contributed by atoms with E-state index in [2.05, 4.69) is 27.7 Å². The van der Waals surface area contributed by atoms with Gasteiger partial charge in [0.15, 0.2) is 0 Å². The minimum Gasteiger partial charge on any atom is -0.508 e. The molecule has 4 heteroatoms. The van der Waals surface area contributed by atoms with E-state index in [1.54, 1.807) is 12.1 Å². The van der Waals surface area contributed by atoms with Crippen LogP contribution in [0.5, 0.6) is 11.5 Å². The quantitative estimate of drug-likeness (QED) is 0.431. The fourth-order valence-electron chi connectivity index (χ4n) is 3.07. The predicted molar refractivity (Wildman–Crippen MR) is 128 cm³/mol. The monoisotopic (exact) mass is 424 g/mol. The Morgan fingerprint density at radius 3 is 1.93 bits per heavy atom. The van der Waals surface area contributed by atoms with Crippen molar-refractivity contribution in [1.29, 1.82) is 0 Å². The average molecular weight is 425 g/mol. The minimum atomic E-state index is -2.72. The van der Waals surface area contributed by atoms with Crippen molar-refractivity contribution in [2.75, 3.05) is 6.16 Å². The smallest absolute Gasteiger partial charge is 0.277 e. The van der Waals surface area contributed by atoms with Crippen LogP contribution in [0.15, 0.2) is 72.8 Å². The van der Waals surface area contributed by atoms with Crippen molar-refractivity contribution in [1.82, 2.24) is 0 Å². The molecule has 0 radical (unpaired) electrons. The zero-order valence-electron chi connectivity index (χ0n) is 18.6. The molecule has 4 rings (SSSR count). The van der Waals surface area contributed by atoms with Crippen molar-refractivity contribution in [2.24, 2.45) is 0 Å². The summed E-state index contributed by atoms with van der Waals surface area (Å²) >= 11 is 0. The highest BCUT2D eigenvalue weighted by atomic mass is 31.2. The zero-order valence-corrected chi connectivity index (χ0v) is 19.5. The van der Waals surface area contributed by atoms with Crippen molar-refractivity contribution in [3.63, 3.8) is 0 Å². The lowest BCUT2D eigenvalue weighted by Crippen LogP contribution is -2.18. The number of phenols is 1. The molecule has 0 aromatic heterocycles. The minimum absolute atomic E-state index is 0.337. The molecule has 1 heterocycles. The van der Waals surface area contributed by atoms with E-state index >= 15 is 0 Å². The van der Waals surface area contributed by atoms with Crippen LogP contribution in [0.1, 0.15) is 52.5 Å². The summed E-state index contributed by atoms with van der Waals surface area (Å²) in [6, 6.07) is 22.9. The molecule has 3 aromatic rings. The van der Waals surface area contributed by atoms with Crippen LogP contribution in [0.25, 0.3) is 11.1 Å². The maximum Gasteiger partial charge on any atom is 0.277 e. The molecule has 1 N–H and O–H groups in total. The molecule has 1 aliphatic rings. The standard InChI is InChI=1S/C14H13O2P.C9H12O.C3H8/c1-2-17(15)14-10-6-4-8-12(14)11-7-3-5-9-13(11)16-17;1-7(2)8-3-5-9(10)6-4-8;1-3-2/h3-10H,2H2,1H3;3-7,10H,1-2H3;3H2,1-2H3. The van der Waals surface area contributed by atoms with Crippen molar-refractivity contribution in [2.45, 2.75) is 47.0 Å². The number of aromatic hydroxyl groups is 1. The third kappa shape index (κ3) is 5.77. The number of rotatable bonds is 2. The molecule has 30 heavy (non-hydrogen) atoms. The SMILES string of the molecule is CC(C)c1ccc(O)cc1.CCC.CCP1(=O)Oc2ccccc2-c2ccccc21. The fraction of sp³-hybridized carbons (Fsp3) is 0.308. The van der Waals surface area contributed by atoms with Crippen LogP contribution in [0.3, 0.4) is 0 Å². The molecule has 0 saturated carbocycles. The van der Waals surface area contributed by atoms with Crippen LogP contribution in [-0.4, -0.2) is 11.3 Å². The topological polar surface area (TPSA) is 46.5 Å². The molecule has 0 spiro atoms. The van der Waals surface area contributed by atoms with Gasteiger partial charge in [-0.2, -0.15) is 0 Å². The maximum atomic E-state index is 12.8. The van der Waals surface area contributed by atoms with Crippen molar-refractivity contribution in [3.8, 4) is 22.6 Å². The lowest BCUT2D eigenvalue weighted by Gasteiger charge is -2.27. The summed E-state index contributed by atoms with van der Waals surface area (Å²) in [6.45, 7) is 10.4. The van der Waals surface area contributed by atoms with Crippen LogP contribution >= 0.6 is 7.37 Å². The second-order valence-corrected chi connectivity index (χ2v) is 10.2. The molecule has 0 amide bonds. The van der Waals surface area contributed by atoms with E-state index in [4.69, 9.17) is 9.63 Å². The summed E-state index contributed by atoms with van der Waals surface area (Å²) in [7, 11) is -2.72. The number of phenolic OH excluding ortho intramolecular Hbond substituents is 1. The number of fused-ring (bicyclic) bond motifs is 3. The highest BCUT2D eigenvalue weighted by molar-refractivity contribution is 7.67. The summed E-state index contributed by atoms with van der Waals surface area (Å²) < 4.78 is 18.5. The molecule has 1 atom stereocenters. The van der Waals surface area contributed by atoms with Gasteiger partial charge in [-0.3, -0.25) is 4.57 Å². The van der Waals surface area contributed by atoms with E-state index in [0.717, 1.165) is 22.2 Å². The van der Waals surface area contributed by atoms with Crippen molar-refractivity contribution >= 4 is 12.7 Å². The molecule has 160 valence electrons. The van der Waals surface area contributed by atoms with Crippen LogP contribution in [0, 0.1) is 0 Å². The average Bonchev–Trinajstić information content (AvgIpc) is 2.75. The molecule has 0 aliphatic carbocycles. The highest BCUT2D eigenvalue weighted by Crippen LogP contribution is 2.53. The summed E-state index contributed by atoms with van der Waals surface area (Å²) in [5.74, 6) is 1.61. The van der Waals surface area contributed by atoms with Gasteiger partial charge in [0.25, 0.3) is 7.37 Å². The lowest BCUT2D eigenvalue weighted by molar-refractivity contribution is 0.475. The van der Waals surface area contributed by atoms with Gasteiger partial charge in [0.05, 0.1) is 5.30 Å².